The van der Waals surface area contributed by atoms with E-state index in [0.29, 0.717) is 0 Å². The van der Waals surface area contributed by atoms with Gasteiger partial charge in [0.1, 0.15) is 0 Å². The van der Waals surface area contributed by atoms with Crippen molar-refractivity contribution < 1.29 is 14.6 Å². The van der Waals surface area contributed by atoms with Crippen molar-refractivity contribution in [2.45, 2.75) is 6.61 Å². The van der Waals surface area contributed by atoms with Crippen LogP contribution in [0.5, 0.6) is 0 Å². The van der Waals surface area contributed by atoms with E-state index in [4.69, 9.17) is 5.11 Å². The molecule has 0 atom stereocenters. The number of benzene rings is 1. The van der Waals surface area contributed by atoms with E-state index in [-0.39, 0.29) is 6.61 Å². The molecule has 0 bridgehead atoms. The van der Waals surface area contributed by atoms with Crippen molar-refractivity contribution in [1.82, 2.24) is 0 Å². The number of methoxy groups -OCH3 is 1. The van der Waals surface area contributed by atoms with E-state index in [1.165, 1.54) is 13.2 Å². The minimum absolute atomic E-state index is 0.000401. The van der Waals surface area contributed by atoms with E-state index in [0.717, 1.165) is 15.6 Å². The molecule has 0 saturated carbocycles. The fourth-order valence-corrected chi connectivity index (χ4v) is 1.59. The minimum atomic E-state index is -0.395. The zero-order valence-electron chi connectivity index (χ0n) is 8.24. The van der Waals surface area contributed by atoms with E-state index in [2.05, 4.69) is 20.7 Å². The van der Waals surface area contributed by atoms with Gasteiger partial charge in [-0.2, -0.15) is 0 Å². The normalized spacial score (nSPS) is 10.6. The Hall–Kier alpha value is -1.13. The van der Waals surface area contributed by atoms with Gasteiger partial charge in [-0.05, 0) is 23.3 Å². The summed E-state index contributed by atoms with van der Waals surface area (Å²) < 4.78 is 5.30. The Morgan fingerprint density at radius 1 is 1.60 bits per heavy atom. The van der Waals surface area contributed by atoms with Crippen LogP contribution in [0, 0.1) is 0 Å². The number of hydrogen-bond donors (Lipinski definition) is 1. The first-order chi connectivity index (χ1) is 7.17. The molecule has 0 amide bonds. The average Bonchev–Trinajstić information content (AvgIpc) is 2.26. The summed E-state index contributed by atoms with van der Waals surface area (Å²) in [6.45, 7) is -0.000401. The maximum atomic E-state index is 10.9. The first-order valence-corrected chi connectivity index (χ1v) is 5.12. The fourth-order valence-electron chi connectivity index (χ4n) is 1.03. The lowest BCUT2D eigenvalue weighted by molar-refractivity contribution is -0.134. The zero-order chi connectivity index (χ0) is 11.3. The number of aliphatic hydroxyl groups excluding tert-OH is 1. The predicted octanol–water partition coefficient (Wildman–Crippen LogP) is 2.13. The third kappa shape index (κ3) is 3.49. The van der Waals surface area contributed by atoms with Crippen molar-refractivity contribution in [3.63, 3.8) is 0 Å². The largest absolute Gasteiger partial charge is 0.466 e. The molecule has 1 aromatic rings. The van der Waals surface area contributed by atoms with Crippen LogP contribution in [-0.4, -0.2) is 18.2 Å². The minimum Gasteiger partial charge on any atom is -0.466 e. The summed E-state index contributed by atoms with van der Waals surface area (Å²) in [6, 6.07) is 5.41. The third-order valence-corrected chi connectivity index (χ3v) is 2.53. The number of rotatable bonds is 3. The van der Waals surface area contributed by atoms with Gasteiger partial charge in [-0.25, -0.2) is 4.79 Å². The van der Waals surface area contributed by atoms with Gasteiger partial charge in [0.15, 0.2) is 0 Å². The number of ether oxygens (including phenoxy) is 1. The van der Waals surface area contributed by atoms with E-state index in [9.17, 15) is 4.79 Å². The predicted molar refractivity (Wildman–Crippen MR) is 61.1 cm³/mol. The highest BCUT2D eigenvalue weighted by atomic mass is 79.9. The molecule has 1 aromatic carbocycles. The highest BCUT2D eigenvalue weighted by Gasteiger charge is 1.99. The molecule has 0 aliphatic carbocycles. The molecule has 80 valence electrons. The van der Waals surface area contributed by atoms with Crippen LogP contribution < -0.4 is 0 Å². The second-order valence-electron chi connectivity index (χ2n) is 2.87. The first-order valence-electron chi connectivity index (χ1n) is 4.32. The van der Waals surface area contributed by atoms with Crippen LogP contribution in [0.2, 0.25) is 0 Å². The molecule has 1 rings (SSSR count). The van der Waals surface area contributed by atoms with Crippen molar-refractivity contribution in [2.75, 3.05) is 7.11 Å². The van der Waals surface area contributed by atoms with Crippen LogP contribution in [0.3, 0.4) is 0 Å². The topological polar surface area (TPSA) is 46.5 Å². The lowest BCUT2D eigenvalue weighted by atomic mass is 10.1. The Labute approximate surface area is 96.5 Å². The number of hydrogen-bond acceptors (Lipinski definition) is 3. The molecular weight excluding hydrogens is 260 g/mol. The van der Waals surface area contributed by atoms with Gasteiger partial charge in [0.2, 0.25) is 0 Å². The smallest absolute Gasteiger partial charge is 0.330 e. The first kappa shape index (κ1) is 11.9. The van der Waals surface area contributed by atoms with Gasteiger partial charge in [0.25, 0.3) is 0 Å². The molecule has 0 radical (unpaired) electrons. The molecule has 1 N–H and O–H groups in total. The standard InChI is InChI=1S/C11H11BrO3/c1-15-11(14)5-4-9-3-2-8(7-13)6-10(9)12/h2-6,13H,7H2,1H3/b5-4+. The lowest BCUT2D eigenvalue weighted by Crippen LogP contribution is -1.93. The maximum Gasteiger partial charge on any atom is 0.330 e. The van der Waals surface area contributed by atoms with Gasteiger partial charge in [0.05, 0.1) is 13.7 Å². The Bertz CT molecular complexity index is 385. The van der Waals surface area contributed by atoms with Gasteiger partial charge in [0, 0.05) is 10.5 Å². The van der Waals surface area contributed by atoms with Crippen molar-refractivity contribution in [1.29, 1.82) is 0 Å². The SMILES string of the molecule is COC(=O)/C=C/c1ccc(CO)cc1Br. The molecule has 0 saturated heterocycles. The molecule has 15 heavy (non-hydrogen) atoms. The molecule has 0 aliphatic rings. The average molecular weight is 271 g/mol. The number of aliphatic hydroxyl groups is 1. The zero-order valence-corrected chi connectivity index (χ0v) is 9.82. The third-order valence-electron chi connectivity index (χ3n) is 1.85. The molecule has 4 heteroatoms. The fraction of sp³-hybridized carbons (Fsp3) is 0.182. The van der Waals surface area contributed by atoms with Crippen molar-refractivity contribution in [3.05, 3.63) is 39.9 Å². The quantitative estimate of drug-likeness (QED) is 0.676. The summed E-state index contributed by atoms with van der Waals surface area (Å²) in [5.74, 6) is -0.395. The second kappa shape index (κ2) is 5.68. The number of carbonyl (C=O) groups is 1. The second-order valence-corrected chi connectivity index (χ2v) is 3.72. The van der Waals surface area contributed by atoms with Gasteiger partial charge in [-0.3, -0.25) is 0 Å². The highest BCUT2D eigenvalue weighted by molar-refractivity contribution is 9.10. The van der Waals surface area contributed by atoms with Crippen LogP contribution in [0.4, 0.5) is 0 Å². The molecular formula is C11H11BrO3. The van der Waals surface area contributed by atoms with Crippen LogP contribution in [-0.2, 0) is 16.1 Å². The Morgan fingerprint density at radius 2 is 2.33 bits per heavy atom. The van der Waals surface area contributed by atoms with Crippen LogP contribution in [0.15, 0.2) is 28.7 Å². The van der Waals surface area contributed by atoms with E-state index in [1.54, 1.807) is 18.2 Å². The lowest BCUT2D eigenvalue weighted by Gasteiger charge is -2.01. The maximum absolute atomic E-state index is 10.9. The van der Waals surface area contributed by atoms with E-state index < -0.39 is 5.97 Å². The molecule has 0 heterocycles. The molecule has 0 spiro atoms. The Kier molecular flexibility index (Phi) is 4.52. The summed E-state index contributed by atoms with van der Waals surface area (Å²) in [6.07, 6.45) is 3.00. The van der Waals surface area contributed by atoms with Gasteiger partial charge in [-0.1, -0.05) is 28.1 Å². The van der Waals surface area contributed by atoms with Gasteiger partial charge >= 0.3 is 5.97 Å². The van der Waals surface area contributed by atoms with Crippen molar-refractivity contribution in [3.8, 4) is 0 Å². The molecule has 0 aliphatic heterocycles. The van der Waals surface area contributed by atoms with E-state index in [1.807, 2.05) is 6.07 Å². The van der Waals surface area contributed by atoms with Gasteiger partial charge < -0.3 is 9.84 Å². The number of carbonyl (C=O) groups excluding carboxylic acids is 1. The monoisotopic (exact) mass is 270 g/mol. The van der Waals surface area contributed by atoms with Crippen molar-refractivity contribution in [2.24, 2.45) is 0 Å². The Morgan fingerprint density at radius 3 is 2.87 bits per heavy atom. The van der Waals surface area contributed by atoms with Crippen LogP contribution >= 0.6 is 15.9 Å². The summed E-state index contributed by atoms with van der Waals surface area (Å²) in [5.41, 5.74) is 1.68. The molecule has 0 unspecified atom stereocenters. The molecule has 0 fully saturated rings. The molecule has 0 aromatic heterocycles. The van der Waals surface area contributed by atoms with E-state index >= 15 is 0 Å². The summed E-state index contributed by atoms with van der Waals surface area (Å²) in [7, 11) is 1.33. The number of halogens is 1. The van der Waals surface area contributed by atoms with Gasteiger partial charge in [-0.15, -0.1) is 0 Å². The number of esters is 1. The summed E-state index contributed by atoms with van der Waals surface area (Å²) in [4.78, 5) is 10.9. The highest BCUT2D eigenvalue weighted by Crippen LogP contribution is 2.20. The summed E-state index contributed by atoms with van der Waals surface area (Å²) >= 11 is 3.35. The summed E-state index contributed by atoms with van der Waals surface area (Å²) in [5, 5.41) is 8.90. The Balaban J connectivity index is 2.87. The van der Waals surface area contributed by atoms with Crippen molar-refractivity contribution >= 4 is 28.0 Å². The van der Waals surface area contributed by atoms with Crippen LogP contribution in [0.1, 0.15) is 11.1 Å². The molecule has 3 nitrogen and oxygen atoms in total. The van der Waals surface area contributed by atoms with Crippen LogP contribution in [0.25, 0.3) is 6.08 Å².